The summed E-state index contributed by atoms with van der Waals surface area (Å²) in [7, 11) is 5.58. The number of hydrogen-bond donors (Lipinski definition) is 2. The van der Waals surface area contributed by atoms with E-state index in [0.29, 0.717) is 5.69 Å². The Kier molecular flexibility index (Phi) is 8.85. The Morgan fingerprint density at radius 1 is 1.09 bits per heavy atom. The third-order valence-corrected chi connectivity index (χ3v) is 6.63. The van der Waals surface area contributed by atoms with Crippen molar-refractivity contribution >= 4 is 40.0 Å². The fraction of sp³-hybridized carbons (Fsp3) is 0.355. The predicted molar refractivity (Wildman–Crippen MR) is 160 cm³/mol. The lowest BCUT2D eigenvalue weighted by Gasteiger charge is -2.28. The molecule has 0 fully saturated rings. The highest BCUT2D eigenvalue weighted by Gasteiger charge is 2.28. The molecule has 4 rings (SSSR count). The molecule has 43 heavy (non-hydrogen) atoms. The molecule has 2 atom stereocenters. The van der Waals surface area contributed by atoms with Crippen molar-refractivity contribution in [2.45, 2.75) is 45.8 Å². The van der Waals surface area contributed by atoms with Gasteiger partial charge in [-0.15, -0.1) is 0 Å². The van der Waals surface area contributed by atoms with E-state index in [-0.39, 0.29) is 29.2 Å². The van der Waals surface area contributed by atoms with Crippen molar-refractivity contribution in [2.75, 3.05) is 29.6 Å². The van der Waals surface area contributed by atoms with E-state index in [4.69, 9.17) is 4.74 Å². The quantitative estimate of drug-likeness (QED) is 0.209. The largest absolute Gasteiger partial charge is 0.460 e. The molecule has 2 heterocycles. The van der Waals surface area contributed by atoms with Gasteiger partial charge in [-0.3, -0.25) is 9.48 Å². The van der Waals surface area contributed by atoms with Crippen molar-refractivity contribution in [3.05, 3.63) is 71.0 Å². The molecule has 4 aromatic rings. The average molecular weight is 594 g/mol. The normalized spacial score (nSPS) is 12.9. The van der Waals surface area contributed by atoms with E-state index in [1.807, 2.05) is 44.2 Å². The summed E-state index contributed by atoms with van der Waals surface area (Å²) in [6.07, 6.45) is -0.130. The Morgan fingerprint density at radius 2 is 1.77 bits per heavy atom. The Bertz CT molecular complexity index is 1690. The predicted octanol–water partition coefficient (Wildman–Crippen LogP) is 6.59. The smallest absolute Gasteiger partial charge is 0.306 e. The summed E-state index contributed by atoms with van der Waals surface area (Å²) < 4.78 is 51.0. The monoisotopic (exact) mass is 593 g/mol. The lowest BCUT2D eigenvalue weighted by Crippen LogP contribution is -2.28. The summed E-state index contributed by atoms with van der Waals surface area (Å²) in [5.41, 5.74) is 0.808. The summed E-state index contributed by atoms with van der Waals surface area (Å²) in [6, 6.07) is 10.5. The number of aromatic nitrogens is 3. The minimum Gasteiger partial charge on any atom is -0.460 e. The number of anilines is 4. The molecule has 2 aromatic heterocycles. The molecule has 9 nitrogen and oxygen atoms in total. The van der Waals surface area contributed by atoms with Gasteiger partial charge in [0, 0.05) is 38.3 Å². The van der Waals surface area contributed by atoms with E-state index >= 15 is 4.39 Å². The van der Waals surface area contributed by atoms with Crippen molar-refractivity contribution in [3.63, 3.8) is 0 Å². The number of ether oxygens (including phenoxy) is 1. The minimum absolute atomic E-state index is 0.0580. The summed E-state index contributed by atoms with van der Waals surface area (Å²) in [4.78, 5) is 18.8. The van der Waals surface area contributed by atoms with Crippen molar-refractivity contribution < 1.29 is 22.7 Å². The molecule has 0 amide bonds. The fourth-order valence-corrected chi connectivity index (χ4v) is 4.78. The highest BCUT2D eigenvalue weighted by molar-refractivity contribution is 5.93. The van der Waals surface area contributed by atoms with E-state index < -0.39 is 41.0 Å². The van der Waals surface area contributed by atoms with Crippen LogP contribution in [0.4, 0.5) is 36.3 Å². The van der Waals surface area contributed by atoms with E-state index in [1.165, 1.54) is 0 Å². The number of fused-ring (bicyclic) bond motifs is 1. The molecular weight excluding hydrogens is 559 g/mol. The standard InChI is InChI=1S/C31H34F3N7O2/c1-17(10-26(42)43-31(2,3)4)27(18-11-20(32)14-21(33)12-18)37-29-24(34)13-19(16-35)28(38-29)36-22-8-9-25-23(15-22)30(40(5)6)39-41(25)7/h8-9,11-15,17,27H,10H2,1-7H3,(H2,36,37,38)/t17-,27+/m1/s1. The summed E-state index contributed by atoms with van der Waals surface area (Å²) in [5.74, 6) is -3.13. The van der Waals surface area contributed by atoms with Gasteiger partial charge in [-0.2, -0.15) is 10.4 Å². The van der Waals surface area contributed by atoms with Gasteiger partial charge in [-0.05, 0) is 68.7 Å². The van der Waals surface area contributed by atoms with Crippen LogP contribution in [0.25, 0.3) is 10.9 Å². The van der Waals surface area contributed by atoms with Gasteiger partial charge in [0.05, 0.1) is 23.5 Å². The first-order valence-corrected chi connectivity index (χ1v) is 13.6. The number of carbonyl (C=O) groups is 1. The summed E-state index contributed by atoms with van der Waals surface area (Å²) >= 11 is 0. The molecule has 2 N–H and O–H groups in total. The van der Waals surface area contributed by atoms with Crippen molar-refractivity contribution in [3.8, 4) is 6.07 Å². The molecule has 0 unspecified atom stereocenters. The molecule has 0 aliphatic heterocycles. The van der Waals surface area contributed by atoms with Crippen LogP contribution in [-0.2, 0) is 16.6 Å². The van der Waals surface area contributed by atoms with E-state index in [1.54, 1.807) is 38.4 Å². The van der Waals surface area contributed by atoms with E-state index in [0.717, 1.165) is 41.0 Å². The first kappa shape index (κ1) is 31.2. The Hall–Kier alpha value is -4.79. The van der Waals surface area contributed by atoms with Gasteiger partial charge < -0.3 is 20.3 Å². The number of benzene rings is 2. The van der Waals surface area contributed by atoms with Gasteiger partial charge in [0.1, 0.15) is 23.3 Å². The lowest BCUT2D eigenvalue weighted by atomic mass is 9.91. The Labute approximate surface area is 248 Å². The lowest BCUT2D eigenvalue weighted by molar-refractivity contribution is -0.155. The number of esters is 1. The van der Waals surface area contributed by atoms with E-state index in [9.17, 15) is 18.8 Å². The second kappa shape index (κ2) is 12.2. The minimum atomic E-state index is -0.949. The third kappa shape index (κ3) is 7.35. The van der Waals surface area contributed by atoms with Crippen LogP contribution in [0, 0.1) is 34.7 Å². The van der Waals surface area contributed by atoms with Crippen molar-refractivity contribution in [1.82, 2.24) is 14.8 Å². The van der Waals surface area contributed by atoms with Gasteiger partial charge >= 0.3 is 5.97 Å². The first-order valence-electron chi connectivity index (χ1n) is 13.6. The van der Waals surface area contributed by atoms with Gasteiger partial charge in [-0.1, -0.05) is 6.92 Å². The van der Waals surface area contributed by atoms with Crippen molar-refractivity contribution in [2.24, 2.45) is 13.0 Å². The Balaban J connectivity index is 1.72. The highest BCUT2D eigenvalue weighted by atomic mass is 19.1. The summed E-state index contributed by atoms with van der Waals surface area (Å²) in [5, 5.41) is 21.1. The fourth-order valence-electron chi connectivity index (χ4n) is 4.78. The zero-order chi connectivity index (χ0) is 31.6. The molecular formula is C31H34F3N7O2. The number of halogens is 3. The number of hydrogen-bond acceptors (Lipinski definition) is 8. The third-order valence-electron chi connectivity index (χ3n) is 6.63. The molecule has 0 radical (unpaired) electrons. The number of pyridine rings is 1. The maximum atomic E-state index is 15.3. The van der Waals surface area contributed by atoms with Gasteiger partial charge in [0.2, 0.25) is 0 Å². The Morgan fingerprint density at radius 3 is 2.37 bits per heavy atom. The van der Waals surface area contributed by atoms with Crippen LogP contribution in [0.1, 0.15) is 51.3 Å². The molecule has 12 heteroatoms. The maximum Gasteiger partial charge on any atom is 0.306 e. The number of nitrogens with zero attached hydrogens (tertiary/aromatic N) is 5. The number of carbonyl (C=O) groups excluding carboxylic acids is 1. The number of nitrogens with one attached hydrogen (secondary N) is 2. The van der Waals surface area contributed by atoms with Crippen LogP contribution >= 0.6 is 0 Å². The number of nitriles is 1. The van der Waals surface area contributed by atoms with Crippen LogP contribution in [-0.4, -0.2) is 40.4 Å². The van der Waals surface area contributed by atoms with Gasteiger partial charge in [0.25, 0.3) is 0 Å². The van der Waals surface area contributed by atoms with Crippen LogP contribution in [0.3, 0.4) is 0 Å². The van der Waals surface area contributed by atoms with Gasteiger partial charge in [-0.25, -0.2) is 18.2 Å². The maximum absolute atomic E-state index is 15.3. The SMILES string of the molecule is C[C@H](CC(=O)OC(C)(C)C)[C@H](Nc1nc(Nc2ccc3c(c2)c(N(C)C)nn3C)c(C#N)cc1F)c1cc(F)cc(F)c1. The van der Waals surface area contributed by atoms with Crippen LogP contribution in [0.5, 0.6) is 0 Å². The molecule has 0 aliphatic carbocycles. The molecule has 2 aromatic carbocycles. The van der Waals surface area contributed by atoms with E-state index in [2.05, 4.69) is 20.7 Å². The number of rotatable bonds is 9. The van der Waals surface area contributed by atoms with Crippen LogP contribution < -0.4 is 15.5 Å². The van der Waals surface area contributed by atoms with Crippen LogP contribution in [0.2, 0.25) is 0 Å². The molecule has 0 spiro atoms. The molecule has 0 saturated heterocycles. The zero-order valence-corrected chi connectivity index (χ0v) is 25.1. The average Bonchev–Trinajstić information content (AvgIpc) is 3.22. The molecule has 0 saturated carbocycles. The van der Waals surface area contributed by atoms with Crippen LogP contribution in [0.15, 0.2) is 42.5 Å². The van der Waals surface area contributed by atoms with Crippen molar-refractivity contribution in [1.29, 1.82) is 5.26 Å². The number of aryl methyl sites for hydroxylation is 1. The molecule has 0 bridgehead atoms. The zero-order valence-electron chi connectivity index (χ0n) is 25.1. The first-order chi connectivity index (χ1) is 20.1. The second-order valence-corrected chi connectivity index (χ2v) is 11.6. The highest BCUT2D eigenvalue weighted by Crippen LogP contribution is 2.34. The van der Waals surface area contributed by atoms with Gasteiger partial charge in [0.15, 0.2) is 23.3 Å². The molecule has 0 aliphatic rings. The second-order valence-electron chi connectivity index (χ2n) is 11.6. The summed E-state index contributed by atoms with van der Waals surface area (Å²) in [6.45, 7) is 6.86. The topological polar surface area (TPSA) is 108 Å². The molecule has 226 valence electrons.